The molecule has 0 aliphatic rings. The van der Waals surface area contributed by atoms with E-state index >= 15 is 0 Å². The first kappa shape index (κ1) is 18.9. The Labute approximate surface area is 166 Å². The number of halogens is 1. The highest BCUT2D eigenvalue weighted by molar-refractivity contribution is 9.10. The summed E-state index contributed by atoms with van der Waals surface area (Å²) in [5.74, 6) is 0.407. The van der Waals surface area contributed by atoms with E-state index in [0.717, 1.165) is 26.6 Å². The molecule has 3 rings (SSSR count). The minimum Gasteiger partial charge on any atom is -0.488 e. The van der Waals surface area contributed by atoms with Crippen molar-refractivity contribution in [2.45, 2.75) is 6.61 Å². The number of carbonyl (C=O) groups is 1. The van der Waals surface area contributed by atoms with E-state index in [1.54, 1.807) is 7.05 Å². The molecule has 0 radical (unpaired) electrons. The highest BCUT2D eigenvalue weighted by Crippen LogP contribution is 2.33. The summed E-state index contributed by atoms with van der Waals surface area (Å²) in [6.45, 7) is 0.285. The SMILES string of the molecule is CNC(=O)/C(=N\OC)c1ccccc1COc1ccc2ccccc2c1Br. The molecule has 1 amide bonds. The lowest BCUT2D eigenvalue weighted by Crippen LogP contribution is -2.29. The van der Waals surface area contributed by atoms with Gasteiger partial charge in [0.1, 0.15) is 19.5 Å². The summed E-state index contributed by atoms with van der Waals surface area (Å²) < 4.78 is 6.94. The van der Waals surface area contributed by atoms with E-state index in [2.05, 4.69) is 32.5 Å². The van der Waals surface area contributed by atoms with Crippen LogP contribution in [0.1, 0.15) is 11.1 Å². The van der Waals surface area contributed by atoms with Crippen LogP contribution in [0.4, 0.5) is 0 Å². The second-order valence-corrected chi connectivity index (χ2v) is 6.54. The fraction of sp³-hybridized carbons (Fsp3) is 0.143. The molecule has 6 heteroatoms. The quantitative estimate of drug-likeness (QED) is 0.472. The molecule has 1 N–H and O–H groups in total. The van der Waals surface area contributed by atoms with Gasteiger partial charge in [-0.2, -0.15) is 0 Å². The molecule has 0 heterocycles. The van der Waals surface area contributed by atoms with Crippen molar-refractivity contribution in [3.63, 3.8) is 0 Å². The number of amides is 1. The smallest absolute Gasteiger partial charge is 0.273 e. The molecule has 27 heavy (non-hydrogen) atoms. The van der Waals surface area contributed by atoms with Crippen LogP contribution >= 0.6 is 15.9 Å². The van der Waals surface area contributed by atoms with E-state index in [4.69, 9.17) is 9.57 Å². The fourth-order valence-corrected chi connectivity index (χ4v) is 3.39. The van der Waals surface area contributed by atoms with E-state index in [9.17, 15) is 4.79 Å². The second kappa shape index (κ2) is 8.68. The van der Waals surface area contributed by atoms with Gasteiger partial charge >= 0.3 is 0 Å². The fourth-order valence-electron chi connectivity index (χ4n) is 2.78. The zero-order chi connectivity index (χ0) is 19.2. The first-order chi connectivity index (χ1) is 13.2. The number of carbonyl (C=O) groups excluding carboxylic acids is 1. The van der Waals surface area contributed by atoms with Gasteiger partial charge in [-0.15, -0.1) is 0 Å². The maximum absolute atomic E-state index is 12.2. The van der Waals surface area contributed by atoms with Crippen LogP contribution < -0.4 is 10.1 Å². The molecule has 0 aliphatic heterocycles. The third kappa shape index (κ3) is 4.11. The Morgan fingerprint density at radius 3 is 2.59 bits per heavy atom. The molecule has 0 unspecified atom stereocenters. The number of nitrogens with zero attached hydrogens (tertiary/aromatic N) is 1. The van der Waals surface area contributed by atoms with Crippen molar-refractivity contribution in [3.8, 4) is 5.75 Å². The number of oxime groups is 1. The van der Waals surface area contributed by atoms with E-state index < -0.39 is 0 Å². The average molecular weight is 427 g/mol. The van der Waals surface area contributed by atoms with Gasteiger partial charge in [0.15, 0.2) is 5.71 Å². The molecule has 5 nitrogen and oxygen atoms in total. The summed E-state index contributed by atoms with van der Waals surface area (Å²) in [5.41, 5.74) is 1.70. The Balaban J connectivity index is 1.90. The number of hydrogen-bond donors (Lipinski definition) is 1. The predicted molar refractivity (Wildman–Crippen MR) is 110 cm³/mol. The van der Waals surface area contributed by atoms with Crippen LogP contribution in [0.15, 0.2) is 70.3 Å². The van der Waals surface area contributed by atoms with Crippen LogP contribution in [0.5, 0.6) is 5.75 Å². The lowest BCUT2D eigenvalue weighted by Gasteiger charge is -2.14. The minimum atomic E-state index is -0.323. The van der Waals surface area contributed by atoms with Crippen LogP contribution in [0.2, 0.25) is 0 Å². The van der Waals surface area contributed by atoms with Gasteiger partial charge in [-0.25, -0.2) is 0 Å². The molecule has 0 aliphatic carbocycles. The van der Waals surface area contributed by atoms with Crippen LogP contribution in [-0.4, -0.2) is 25.8 Å². The second-order valence-electron chi connectivity index (χ2n) is 5.75. The molecule has 0 aromatic heterocycles. The van der Waals surface area contributed by atoms with Crippen LogP contribution in [-0.2, 0) is 16.2 Å². The topological polar surface area (TPSA) is 59.9 Å². The minimum absolute atomic E-state index is 0.205. The summed E-state index contributed by atoms with van der Waals surface area (Å²) in [4.78, 5) is 17.0. The predicted octanol–water partition coefficient (Wildman–Crippen LogP) is 4.28. The van der Waals surface area contributed by atoms with Crippen molar-refractivity contribution in [1.29, 1.82) is 0 Å². The molecule has 0 bridgehead atoms. The van der Waals surface area contributed by atoms with Crippen LogP contribution in [0.25, 0.3) is 10.8 Å². The number of fused-ring (bicyclic) bond motifs is 1. The van der Waals surface area contributed by atoms with Crippen molar-refractivity contribution in [3.05, 3.63) is 76.3 Å². The van der Waals surface area contributed by atoms with Gasteiger partial charge in [0, 0.05) is 12.6 Å². The number of likely N-dealkylation sites (N-methyl/N-ethyl adjacent to an activating group) is 1. The Morgan fingerprint density at radius 1 is 1.07 bits per heavy atom. The number of nitrogens with one attached hydrogen (secondary N) is 1. The monoisotopic (exact) mass is 426 g/mol. The normalized spacial score (nSPS) is 11.3. The molecule has 3 aromatic rings. The van der Waals surface area contributed by atoms with Crippen molar-refractivity contribution < 1.29 is 14.4 Å². The Morgan fingerprint density at radius 2 is 1.81 bits per heavy atom. The number of benzene rings is 3. The summed E-state index contributed by atoms with van der Waals surface area (Å²) >= 11 is 3.63. The van der Waals surface area contributed by atoms with Crippen molar-refractivity contribution in [2.24, 2.45) is 5.16 Å². The Kier molecular flexibility index (Phi) is 6.08. The van der Waals surface area contributed by atoms with Gasteiger partial charge in [0.2, 0.25) is 0 Å². The van der Waals surface area contributed by atoms with Gasteiger partial charge in [-0.3, -0.25) is 4.79 Å². The highest BCUT2D eigenvalue weighted by atomic mass is 79.9. The zero-order valence-electron chi connectivity index (χ0n) is 15.0. The summed E-state index contributed by atoms with van der Waals surface area (Å²) in [6.07, 6.45) is 0. The molecule has 138 valence electrons. The number of ether oxygens (including phenoxy) is 1. The van der Waals surface area contributed by atoms with E-state index in [1.165, 1.54) is 7.11 Å². The van der Waals surface area contributed by atoms with Gasteiger partial charge in [-0.1, -0.05) is 59.8 Å². The number of hydrogen-bond acceptors (Lipinski definition) is 4. The van der Waals surface area contributed by atoms with Crippen LogP contribution in [0, 0.1) is 0 Å². The summed E-state index contributed by atoms with van der Waals surface area (Å²) in [7, 11) is 2.97. The molecule has 0 saturated carbocycles. The summed E-state index contributed by atoms with van der Waals surface area (Å²) in [5, 5.41) is 8.67. The molecular formula is C21H19BrN2O3. The zero-order valence-corrected chi connectivity index (χ0v) is 16.6. The summed E-state index contributed by atoms with van der Waals surface area (Å²) in [6, 6.07) is 19.5. The largest absolute Gasteiger partial charge is 0.488 e. The average Bonchev–Trinajstić information content (AvgIpc) is 2.71. The molecule has 0 saturated heterocycles. The maximum Gasteiger partial charge on any atom is 0.273 e. The third-order valence-electron chi connectivity index (χ3n) is 4.11. The van der Waals surface area contributed by atoms with Crippen LogP contribution in [0.3, 0.4) is 0 Å². The first-order valence-electron chi connectivity index (χ1n) is 8.37. The van der Waals surface area contributed by atoms with E-state index in [-0.39, 0.29) is 18.2 Å². The third-order valence-corrected chi connectivity index (χ3v) is 4.93. The Hall–Kier alpha value is -2.86. The van der Waals surface area contributed by atoms with Gasteiger partial charge in [0.25, 0.3) is 5.91 Å². The molecule has 3 aromatic carbocycles. The lowest BCUT2D eigenvalue weighted by atomic mass is 10.0. The molecule has 0 spiro atoms. The van der Waals surface area contributed by atoms with Crippen molar-refractivity contribution >= 4 is 38.3 Å². The first-order valence-corrected chi connectivity index (χ1v) is 9.16. The lowest BCUT2D eigenvalue weighted by molar-refractivity contribution is -0.114. The highest BCUT2D eigenvalue weighted by Gasteiger charge is 2.17. The number of rotatable bonds is 6. The van der Waals surface area contributed by atoms with E-state index in [1.807, 2.05) is 54.6 Å². The molecule has 0 fully saturated rings. The van der Waals surface area contributed by atoms with Gasteiger partial charge in [0.05, 0.1) is 4.47 Å². The molecule has 0 atom stereocenters. The van der Waals surface area contributed by atoms with Crippen molar-refractivity contribution in [2.75, 3.05) is 14.2 Å². The van der Waals surface area contributed by atoms with Crippen molar-refractivity contribution in [1.82, 2.24) is 5.32 Å². The standard InChI is InChI=1S/C21H19BrN2O3/c1-23-21(25)20(24-26-2)17-10-6-4-8-15(17)13-27-18-12-11-14-7-3-5-9-16(14)19(18)22/h3-12H,13H2,1-2H3,(H,23,25)/b24-20-. The van der Waals surface area contributed by atoms with Gasteiger partial charge < -0.3 is 14.9 Å². The molecular weight excluding hydrogens is 408 g/mol. The van der Waals surface area contributed by atoms with Gasteiger partial charge in [-0.05, 0) is 38.3 Å². The maximum atomic E-state index is 12.2. The van der Waals surface area contributed by atoms with E-state index in [0.29, 0.717) is 5.56 Å². The Bertz CT molecular complexity index is 1000.